The molecule has 0 fully saturated rings. The maximum Gasteiger partial charge on any atom is 0.269 e. The van der Waals surface area contributed by atoms with E-state index < -0.39 is 5.78 Å². The van der Waals surface area contributed by atoms with Crippen LogP contribution in [0, 0.1) is 6.92 Å². The van der Waals surface area contributed by atoms with Crippen molar-refractivity contribution in [3.63, 3.8) is 0 Å². The number of oxazole rings is 1. The summed E-state index contributed by atoms with van der Waals surface area (Å²) in [5, 5.41) is 2.07. The summed E-state index contributed by atoms with van der Waals surface area (Å²) in [7, 11) is 0. The van der Waals surface area contributed by atoms with Gasteiger partial charge in [0.15, 0.2) is 5.76 Å². The Hall–Kier alpha value is -3.12. The van der Waals surface area contributed by atoms with E-state index in [1.807, 2.05) is 41.8 Å². The second-order valence-electron chi connectivity index (χ2n) is 7.58. The molecule has 0 saturated heterocycles. The smallest absolute Gasteiger partial charge is 0.269 e. The van der Waals surface area contributed by atoms with Crippen LogP contribution in [0.4, 0.5) is 0 Å². The van der Waals surface area contributed by atoms with E-state index in [9.17, 15) is 4.79 Å². The highest BCUT2D eigenvalue weighted by molar-refractivity contribution is 6.37. The summed E-state index contributed by atoms with van der Waals surface area (Å²) in [5.41, 5.74) is 3.54. The van der Waals surface area contributed by atoms with Gasteiger partial charge in [0.1, 0.15) is 10.8 Å². The van der Waals surface area contributed by atoms with E-state index in [2.05, 4.69) is 9.97 Å². The first-order chi connectivity index (χ1) is 15.9. The third kappa shape index (κ3) is 4.04. The second kappa shape index (κ2) is 8.67. The number of hydrogen-bond donors (Lipinski definition) is 0. The molecule has 0 atom stereocenters. The maximum absolute atomic E-state index is 13.5. The van der Waals surface area contributed by atoms with Crippen LogP contribution >= 0.6 is 34.8 Å². The summed E-state index contributed by atoms with van der Waals surface area (Å²) in [6, 6.07) is 16.5. The van der Waals surface area contributed by atoms with E-state index in [4.69, 9.17) is 39.2 Å². The van der Waals surface area contributed by atoms with E-state index in [1.165, 1.54) is 6.20 Å². The molecule has 0 aliphatic heterocycles. The lowest BCUT2D eigenvalue weighted by Crippen LogP contribution is -2.04. The lowest BCUT2D eigenvalue weighted by atomic mass is 10.1. The van der Waals surface area contributed by atoms with Crippen LogP contribution in [0.3, 0.4) is 0 Å². The normalized spacial score (nSPS) is 11.3. The van der Waals surface area contributed by atoms with Crippen LogP contribution in [0.5, 0.6) is 0 Å². The highest BCUT2D eigenvalue weighted by Crippen LogP contribution is 2.35. The number of halogens is 3. The van der Waals surface area contributed by atoms with Gasteiger partial charge in [0.2, 0.25) is 0 Å². The summed E-state index contributed by atoms with van der Waals surface area (Å²) >= 11 is 19.2. The molecular formula is C25H16Cl3N3O2. The Balaban J connectivity index is 1.61. The molecule has 33 heavy (non-hydrogen) atoms. The number of ketones is 1. The van der Waals surface area contributed by atoms with Crippen molar-refractivity contribution in [1.29, 1.82) is 0 Å². The Kier molecular flexibility index (Phi) is 5.71. The molecule has 3 heterocycles. The largest absolute Gasteiger partial charge is 0.432 e. The molecular weight excluding hydrogens is 481 g/mol. The number of aromatic nitrogens is 3. The van der Waals surface area contributed by atoms with Crippen LogP contribution in [0.1, 0.15) is 27.4 Å². The van der Waals surface area contributed by atoms with E-state index >= 15 is 0 Å². The minimum Gasteiger partial charge on any atom is -0.432 e. The maximum atomic E-state index is 13.5. The van der Waals surface area contributed by atoms with Gasteiger partial charge in [0.05, 0.1) is 23.8 Å². The van der Waals surface area contributed by atoms with Gasteiger partial charge in [-0.3, -0.25) is 9.78 Å². The third-order valence-electron chi connectivity index (χ3n) is 5.34. The molecule has 0 saturated carbocycles. The van der Waals surface area contributed by atoms with Crippen molar-refractivity contribution >= 4 is 51.5 Å². The van der Waals surface area contributed by atoms with Gasteiger partial charge in [-0.1, -0.05) is 58.6 Å². The average molecular weight is 497 g/mol. The van der Waals surface area contributed by atoms with Crippen LogP contribution < -0.4 is 0 Å². The van der Waals surface area contributed by atoms with Gasteiger partial charge in [-0.15, -0.1) is 0 Å². The number of carbonyl (C=O) groups is 1. The molecule has 2 aromatic carbocycles. The summed E-state index contributed by atoms with van der Waals surface area (Å²) in [5.74, 6) is -0.0516. The molecule has 0 aliphatic rings. The number of hydrogen-bond acceptors (Lipinski definition) is 4. The Bertz CT molecular complexity index is 1510. The molecule has 0 unspecified atom stereocenters. The third-order valence-corrected chi connectivity index (χ3v) is 6.32. The Morgan fingerprint density at radius 2 is 1.88 bits per heavy atom. The number of benzene rings is 2. The van der Waals surface area contributed by atoms with E-state index in [-0.39, 0.29) is 11.0 Å². The van der Waals surface area contributed by atoms with Crippen LogP contribution in [-0.4, -0.2) is 20.3 Å². The quantitative estimate of drug-likeness (QED) is 0.241. The van der Waals surface area contributed by atoms with Gasteiger partial charge >= 0.3 is 0 Å². The number of aryl methyl sites for hydroxylation is 1. The minimum absolute atomic E-state index is 0.0531. The molecule has 0 N–H and O–H groups in total. The van der Waals surface area contributed by atoms with Crippen LogP contribution in [-0.2, 0) is 6.54 Å². The zero-order chi connectivity index (χ0) is 23.1. The summed E-state index contributed by atoms with van der Waals surface area (Å²) < 4.78 is 7.60. The lowest BCUT2D eigenvalue weighted by molar-refractivity contribution is 0.100. The van der Waals surface area contributed by atoms with Crippen molar-refractivity contribution in [3.05, 3.63) is 105 Å². The predicted octanol–water partition coefficient (Wildman–Crippen LogP) is 7.24. The number of nitrogens with zero attached hydrogens (tertiary/aromatic N) is 3. The van der Waals surface area contributed by atoms with Crippen molar-refractivity contribution < 1.29 is 9.21 Å². The highest BCUT2D eigenvalue weighted by Gasteiger charge is 2.26. The number of fused-ring (bicyclic) bond motifs is 1. The molecule has 0 spiro atoms. The molecule has 164 valence electrons. The van der Waals surface area contributed by atoms with Gasteiger partial charge in [-0.2, -0.15) is 0 Å². The first-order valence-corrected chi connectivity index (χ1v) is 11.2. The Morgan fingerprint density at radius 1 is 1.03 bits per heavy atom. The number of carbonyl (C=O) groups excluding carboxylic acids is 1. The average Bonchev–Trinajstić information content (AvgIpc) is 3.39. The van der Waals surface area contributed by atoms with Crippen molar-refractivity contribution in [2.75, 3.05) is 0 Å². The Morgan fingerprint density at radius 3 is 2.64 bits per heavy atom. The molecule has 0 bridgehead atoms. The zero-order valence-electron chi connectivity index (χ0n) is 17.3. The molecule has 5 aromatic rings. The van der Waals surface area contributed by atoms with Gasteiger partial charge in [-0.05, 0) is 48.9 Å². The van der Waals surface area contributed by atoms with Gasteiger partial charge < -0.3 is 8.98 Å². The fourth-order valence-electron chi connectivity index (χ4n) is 3.74. The molecule has 5 nitrogen and oxygen atoms in total. The SMILES string of the molecule is Cc1ccc2c(c1)c(C(=O)c1ncc(-c3ccccn3)o1)c(Cl)n2Cc1ccc(Cl)cc1Cl. The molecule has 0 radical (unpaired) electrons. The van der Waals surface area contributed by atoms with Crippen molar-refractivity contribution in [3.8, 4) is 11.5 Å². The first kappa shape index (κ1) is 21.7. The van der Waals surface area contributed by atoms with Crippen LogP contribution in [0.2, 0.25) is 15.2 Å². The first-order valence-electron chi connectivity index (χ1n) is 10.1. The highest BCUT2D eigenvalue weighted by atomic mass is 35.5. The van der Waals surface area contributed by atoms with Crippen molar-refractivity contribution in [1.82, 2.24) is 14.5 Å². The molecule has 5 rings (SSSR count). The lowest BCUT2D eigenvalue weighted by Gasteiger charge is -2.10. The van der Waals surface area contributed by atoms with Crippen molar-refractivity contribution in [2.24, 2.45) is 0 Å². The van der Waals surface area contributed by atoms with E-state index in [1.54, 1.807) is 30.5 Å². The zero-order valence-corrected chi connectivity index (χ0v) is 19.6. The van der Waals surface area contributed by atoms with Gasteiger partial charge in [0.25, 0.3) is 11.7 Å². The van der Waals surface area contributed by atoms with E-state index in [0.717, 1.165) is 16.6 Å². The van der Waals surface area contributed by atoms with Gasteiger partial charge in [-0.25, -0.2) is 4.98 Å². The summed E-state index contributed by atoms with van der Waals surface area (Å²) in [4.78, 5) is 21.9. The topological polar surface area (TPSA) is 60.9 Å². The second-order valence-corrected chi connectivity index (χ2v) is 8.78. The number of rotatable bonds is 5. The molecule has 0 amide bonds. The van der Waals surface area contributed by atoms with Crippen LogP contribution in [0.15, 0.2) is 71.4 Å². The van der Waals surface area contributed by atoms with E-state index in [0.29, 0.717) is 39.0 Å². The number of pyridine rings is 1. The standard InChI is InChI=1S/C25H16Cl3N3O2/c1-14-5-8-20-17(10-14)22(24(28)31(20)13-15-6-7-16(26)11-18(15)27)23(32)25-30-12-21(33-25)19-4-2-3-9-29-19/h2-12H,13H2,1H3. The fourth-order valence-corrected chi connectivity index (χ4v) is 4.55. The molecule has 0 aliphatic carbocycles. The monoisotopic (exact) mass is 495 g/mol. The van der Waals surface area contributed by atoms with Crippen molar-refractivity contribution in [2.45, 2.75) is 13.5 Å². The van der Waals surface area contributed by atoms with Gasteiger partial charge in [0, 0.05) is 21.6 Å². The minimum atomic E-state index is -0.404. The summed E-state index contributed by atoms with van der Waals surface area (Å²) in [6.07, 6.45) is 3.13. The fraction of sp³-hybridized carbons (Fsp3) is 0.0800. The van der Waals surface area contributed by atoms with Crippen LogP contribution in [0.25, 0.3) is 22.4 Å². The Labute approximate surface area is 204 Å². The molecule has 3 aromatic heterocycles. The predicted molar refractivity (Wildman–Crippen MR) is 130 cm³/mol. The molecule has 8 heteroatoms. The summed E-state index contributed by atoms with van der Waals surface area (Å²) in [6.45, 7) is 2.33.